The summed E-state index contributed by atoms with van der Waals surface area (Å²) < 4.78 is 2.12. The molecule has 1 aliphatic rings. The zero-order chi connectivity index (χ0) is 19.5. The van der Waals surface area contributed by atoms with Crippen molar-refractivity contribution in [2.45, 2.75) is 53.2 Å². The number of hydrogen-bond acceptors (Lipinski definition) is 4. The Labute approximate surface area is 155 Å². The fraction of sp³-hybridized carbons (Fsp3) is 0.632. The molecular formula is C19H31N5O2. The van der Waals surface area contributed by atoms with Gasteiger partial charge in [0.05, 0.1) is 5.69 Å². The van der Waals surface area contributed by atoms with Crippen LogP contribution in [0.2, 0.25) is 0 Å². The minimum absolute atomic E-state index is 0.207. The van der Waals surface area contributed by atoms with Crippen molar-refractivity contribution in [3.8, 4) is 0 Å². The zero-order valence-electron chi connectivity index (χ0n) is 16.7. The third-order valence-electron chi connectivity index (χ3n) is 4.62. The number of nitrogens with zero attached hydrogens (tertiary/aromatic N) is 3. The molecule has 1 unspecified atom stereocenters. The normalized spacial score (nSPS) is 16.8. The number of carbonyl (C=O) groups excluding carboxylic acids is 2. The lowest BCUT2D eigenvalue weighted by molar-refractivity contribution is -0.124. The molecule has 26 heavy (non-hydrogen) atoms. The van der Waals surface area contributed by atoms with E-state index >= 15 is 0 Å². The number of nitrogens with one attached hydrogen (secondary N) is 2. The van der Waals surface area contributed by atoms with Gasteiger partial charge in [0.15, 0.2) is 5.69 Å². The van der Waals surface area contributed by atoms with Crippen LogP contribution in [-0.4, -0.2) is 52.9 Å². The summed E-state index contributed by atoms with van der Waals surface area (Å²) in [5.41, 5.74) is 0.903. The number of rotatable bonds is 4. The predicted molar refractivity (Wildman–Crippen MR) is 103 cm³/mol. The van der Waals surface area contributed by atoms with E-state index in [0.29, 0.717) is 12.2 Å². The Balaban J connectivity index is 2.40. The van der Waals surface area contributed by atoms with Crippen molar-refractivity contribution in [1.29, 1.82) is 0 Å². The van der Waals surface area contributed by atoms with Crippen molar-refractivity contribution < 1.29 is 9.59 Å². The van der Waals surface area contributed by atoms with Crippen LogP contribution in [0.15, 0.2) is 6.08 Å². The van der Waals surface area contributed by atoms with Gasteiger partial charge in [0.2, 0.25) is 5.91 Å². The van der Waals surface area contributed by atoms with Crippen LogP contribution in [0.3, 0.4) is 0 Å². The predicted octanol–water partition coefficient (Wildman–Crippen LogP) is 1.64. The van der Waals surface area contributed by atoms with Crippen molar-refractivity contribution in [3.63, 3.8) is 0 Å². The number of carbonyl (C=O) groups is 2. The smallest absolute Gasteiger partial charge is 0.272 e. The molecule has 1 aliphatic heterocycles. The SMILES string of the molecule is C/C=C/c1nc(C(=O)NC(C(=O)NC)C(C)(C)C)c2n1CCCN(C)C2. The minimum Gasteiger partial charge on any atom is -0.357 e. The maximum atomic E-state index is 13.0. The summed E-state index contributed by atoms with van der Waals surface area (Å²) in [5.74, 6) is 0.278. The van der Waals surface area contributed by atoms with Gasteiger partial charge in [-0.2, -0.15) is 0 Å². The molecule has 0 bridgehead atoms. The van der Waals surface area contributed by atoms with Crippen LogP contribution >= 0.6 is 0 Å². The van der Waals surface area contributed by atoms with Crippen LogP contribution in [0.25, 0.3) is 6.08 Å². The van der Waals surface area contributed by atoms with Crippen LogP contribution in [-0.2, 0) is 17.9 Å². The third kappa shape index (κ3) is 4.33. The molecule has 144 valence electrons. The topological polar surface area (TPSA) is 79.3 Å². The maximum absolute atomic E-state index is 13.0. The molecule has 2 N–H and O–H groups in total. The summed E-state index contributed by atoms with van der Waals surface area (Å²) in [7, 11) is 3.62. The quantitative estimate of drug-likeness (QED) is 0.854. The van der Waals surface area contributed by atoms with Gasteiger partial charge in [0.25, 0.3) is 5.91 Å². The second-order valence-electron chi connectivity index (χ2n) is 7.90. The Kier molecular flexibility index (Phi) is 6.23. The number of aromatic nitrogens is 2. The van der Waals surface area contributed by atoms with Gasteiger partial charge in [-0.15, -0.1) is 0 Å². The highest BCUT2D eigenvalue weighted by Crippen LogP contribution is 2.22. The van der Waals surface area contributed by atoms with Gasteiger partial charge in [-0.05, 0) is 38.4 Å². The number of allylic oxidation sites excluding steroid dienone is 1. The van der Waals surface area contributed by atoms with Gasteiger partial charge >= 0.3 is 0 Å². The highest BCUT2D eigenvalue weighted by molar-refractivity contribution is 5.97. The van der Waals surface area contributed by atoms with Crippen molar-refractivity contribution in [3.05, 3.63) is 23.3 Å². The van der Waals surface area contributed by atoms with E-state index in [2.05, 4.69) is 25.1 Å². The van der Waals surface area contributed by atoms with Gasteiger partial charge in [0, 0.05) is 20.1 Å². The van der Waals surface area contributed by atoms with Gasteiger partial charge in [-0.25, -0.2) is 4.98 Å². The molecule has 2 amide bonds. The molecule has 0 saturated heterocycles. The molecule has 0 aliphatic carbocycles. The van der Waals surface area contributed by atoms with Gasteiger partial charge in [-0.3, -0.25) is 9.59 Å². The van der Waals surface area contributed by atoms with Crippen LogP contribution in [0.4, 0.5) is 0 Å². The van der Waals surface area contributed by atoms with Gasteiger partial charge < -0.3 is 20.1 Å². The van der Waals surface area contributed by atoms with E-state index in [9.17, 15) is 9.59 Å². The summed E-state index contributed by atoms with van der Waals surface area (Å²) in [6.45, 7) is 10.2. The fourth-order valence-corrected chi connectivity index (χ4v) is 3.23. The molecule has 1 atom stereocenters. The second-order valence-corrected chi connectivity index (χ2v) is 7.90. The first-order chi connectivity index (χ1) is 12.2. The van der Waals surface area contributed by atoms with Crippen LogP contribution < -0.4 is 10.6 Å². The summed E-state index contributed by atoms with van der Waals surface area (Å²) in [6, 6.07) is -0.633. The number of amides is 2. The van der Waals surface area contributed by atoms with Gasteiger partial charge in [0.1, 0.15) is 11.9 Å². The standard InChI is InChI=1S/C19H31N5O2/c1-7-9-14-21-15(13-12-23(6)10-8-11-24(13)14)17(25)22-16(18(26)20-5)19(2,3)4/h7,9,16H,8,10-12H2,1-6H3,(H,20,26)(H,22,25)/b9-7+. The molecule has 0 aromatic carbocycles. The lowest BCUT2D eigenvalue weighted by atomic mass is 9.86. The molecule has 7 nitrogen and oxygen atoms in total. The number of fused-ring (bicyclic) bond motifs is 1. The first-order valence-electron chi connectivity index (χ1n) is 9.12. The van der Waals surface area contributed by atoms with E-state index in [1.54, 1.807) is 7.05 Å². The number of likely N-dealkylation sites (N-methyl/N-ethyl adjacent to an activating group) is 1. The molecule has 2 rings (SSSR count). The highest BCUT2D eigenvalue weighted by atomic mass is 16.2. The van der Waals surface area contributed by atoms with Crippen LogP contribution in [0.1, 0.15) is 56.1 Å². The zero-order valence-corrected chi connectivity index (χ0v) is 16.7. The van der Waals surface area contributed by atoms with Gasteiger partial charge in [-0.1, -0.05) is 26.8 Å². The number of imidazole rings is 1. The molecule has 0 radical (unpaired) electrons. The van der Waals surface area contributed by atoms with E-state index in [-0.39, 0.29) is 11.8 Å². The lowest BCUT2D eigenvalue weighted by Crippen LogP contribution is -2.53. The van der Waals surface area contributed by atoms with Crippen LogP contribution in [0, 0.1) is 5.41 Å². The van der Waals surface area contributed by atoms with Crippen molar-refractivity contribution in [2.75, 3.05) is 20.6 Å². The monoisotopic (exact) mass is 361 g/mol. The summed E-state index contributed by atoms with van der Waals surface area (Å²) in [4.78, 5) is 32.1. The third-order valence-corrected chi connectivity index (χ3v) is 4.62. The average molecular weight is 361 g/mol. The van der Waals surface area contributed by atoms with E-state index < -0.39 is 11.5 Å². The molecule has 0 fully saturated rings. The first-order valence-corrected chi connectivity index (χ1v) is 9.12. The average Bonchev–Trinajstić information content (AvgIpc) is 2.76. The molecule has 1 aromatic rings. The Morgan fingerprint density at radius 3 is 2.54 bits per heavy atom. The summed E-state index contributed by atoms with van der Waals surface area (Å²) >= 11 is 0. The second kappa shape index (κ2) is 8.03. The fourth-order valence-electron chi connectivity index (χ4n) is 3.23. The molecule has 2 heterocycles. The molecule has 0 spiro atoms. The summed E-state index contributed by atoms with van der Waals surface area (Å²) in [6.07, 6.45) is 4.86. The van der Waals surface area contributed by atoms with E-state index in [4.69, 9.17) is 0 Å². The Bertz CT molecular complexity index is 700. The molecule has 7 heteroatoms. The van der Waals surface area contributed by atoms with Crippen molar-refractivity contribution >= 4 is 17.9 Å². The van der Waals surface area contributed by atoms with Crippen LogP contribution in [0.5, 0.6) is 0 Å². The first kappa shape index (κ1) is 20.2. The largest absolute Gasteiger partial charge is 0.357 e. The molecule has 1 aromatic heterocycles. The van der Waals surface area contributed by atoms with Crippen molar-refractivity contribution in [2.24, 2.45) is 5.41 Å². The minimum atomic E-state index is -0.633. The highest BCUT2D eigenvalue weighted by Gasteiger charge is 2.34. The van der Waals surface area contributed by atoms with E-state index in [1.165, 1.54) is 0 Å². The van der Waals surface area contributed by atoms with Crippen molar-refractivity contribution in [1.82, 2.24) is 25.1 Å². The van der Waals surface area contributed by atoms with E-state index in [1.807, 2.05) is 46.9 Å². The number of hydrogen-bond donors (Lipinski definition) is 2. The maximum Gasteiger partial charge on any atom is 0.272 e. The Morgan fingerprint density at radius 2 is 1.96 bits per heavy atom. The summed E-state index contributed by atoms with van der Waals surface area (Å²) in [5, 5.41) is 5.53. The lowest BCUT2D eigenvalue weighted by Gasteiger charge is -2.29. The molecular weight excluding hydrogens is 330 g/mol. The van der Waals surface area contributed by atoms with E-state index in [0.717, 1.165) is 31.0 Å². The molecule has 0 saturated carbocycles. The Morgan fingerprint density at radius 1 is 1.27 bits per heavy atom. The Hall–Kier alpha value is -2.15.